The number of urea groups is 1. The highest BCUT2D eigenvalue weighted by molar-refractivity contribution is 5.73. The second-order valence-electron chi connectivity index (χ2n) is 6.13. The normalized spacial score (nSPS) is 16.0. The van der Waals surface area contributed by atoms with Crippen LogP contribution < -0.4 is 15.4 Å². The number of aromatic nitrogens is 1. The maximum Gasteiger partial charge on any atom is 0.422 e. The van der Waals surface area contributed by atoms with Crippen LogP contribution in [0.3, 0.4) is 0 Å². The van der Waals surface area contributed by atoms with Crippen LogP contribution in [0, 0.1) is 11.2 Å². The van der Waals surface area contributed by atoms with E-state index in [-0.39, 0.29) is 31.4 Å². The van der Waals surface area contributed by atoms with Gasteiger partial charge in [0.05, 0.1) is 5.41 Å². The summed E-state index contributed by atoms with van der Waals surface area (Å²) in [6.45, 7) is -2.35. The molecule has 0 radical (unpaired) electrons. The van der Waals surface area contributed by atoms with Gasteiger partial charge in [0, 0.05) is 24.8 Å². The maximum absolute atomic E-state index is 14.0. The van der Waals surface area contributed by atoms with E-state index < -0.39 is 48.6 Å². The summed E-state index contributed by atoms with van der Waals surface area (Å²) in [6.07, 6.45) is -8.21. The Balaban J connectivity index is 1.80. The molecule has 0 unspecified atom stereocenters. The van der Waals surface area contributed by atoms with Crippen LogP contribution >= 0.6 is 0 Å². The highest BCUT2D eigenvalue weighted by atomic mass is 19.4. The molecule has 0 atom stereocenters. The van der Waals surface area contributed by atoms with Gasteiger partial charge < -0.3 is 15.4 Å². The number of amides is 2. The van der Waals surface area contributed by atoms with Gasteiger partial charge in [-0.1, -0.05) is 0 Å². The van der Waals surface area contributed by atoms with Gasteiger partial charge in [-0.2, -0.15) is 26.3 Å². The molecule has 0 aromatic carbocycles. The number of hydrogen-bond acceptors (Lipinski definition) is 3. The molecule has 1 heterocycles. The van der Waals surface area contributed by atoms with Crippen molar-refractivity contribution in [2.45, 2.75) is 38.2 Å². The third-order valence-corrected chi connectivity index (χ3v) is 4.09. The molecule has 1 aliphatic carbocycles. The van der Waals surface area contributed by atoms with Gasteiger partial charge in [-0.3, -0.25) is 0 Å². The monoisotopic (exact) mass is 403 g/mol. The zero-order valence-electron chi connectivity index (χ0n) is 13.8. The van der Waals surface area contributed by atoms with Crippen molar-refractivity contribution in [3.8, 4) is 5.88 Å². The van der Waals surface area contributed by atoms with Gasteiger partial charge in [0.15, 0.2) is 12.4 Å². The summed E-state index contributed by atoms with van der Waals surface area (Å²) in [5.74, 6) is -2.04. The Kier molecular flexibility index (Phi) is 6.05. The summed E-state index contributed by atoms with van der Waals surface area (Å²) in [7, 11) is 0. The molecule has 0 aliphatic heterocycles. The molecule has 12 heteroatoms. The van der Waals surface area contributed by atoms with Crippen LogP contribution in [0.15, 0.2) is 12.3 Å². The lowest BCUT2D eigenvalue weighted by atomic mass is 10.0. The number of nitrogens with one attached hydrogen (secondary N) is 2. The number of hydrogen-bond donors (Lipinski definition) is 2. The van der Waals surface area contributed by atoms with Gasteiger partial charge in [-0.05, 0) is 25.3 Å². The highest BCUT2D eigenvalue weighted by Crippen LogP contribution is 2.59. The van der Waals surface area contributed by atoms with Crippen molar-refractivity contribution in [1.29, 1.82) is 0 Å². The Labute approximate surface area is 149 Å². The molecule has 2 N–H and O–H groups in total. The number of pyridine rings is 1. The zero-order chi connectivity index (χ0) is 20.3. The lowest BCUT2D eigenvalue weighted by molar-refractivity contribution is -0.188. The summed E-state index contributed by atoms with van der Waals surface area (Å²) >= 11 is 0. The van der Waals surface area contributed by atoms with E-state index >= 15 is 0 Å². The SMILES string of the molecule is O=C(NCCC1(C(F)(F)F)CC1)NCc1ccnc(OCC(F)(F)F)c1F. The number of carbonyl (C=O) groups excluding carboxylic acids is 1. The zero-order valence-corrected chi connectivity index (χ0v) is 13.8. The van der Waals surface area contributed by atoms with Crippen LogP contribution in [0.5, 0.6) is 5.88 Å². The quantitative estimate of drug-likeness (QED) is 0.683. The fourth-order valence-corrected chi connectivity index (χ4v) is 2.33. The topological polar surface area (TPSA) is 63.2 Å². The fraction of sp³-hybridized carbons (Fsp3) is 0.600. The predicted molar refractivity (Wildman–Crippen MR) is 78.3 cm³/mol. The number of rotatable bonds is 7. The standard InChI is InChI=1S/C15H16F7N3O2/c16-10-9(1-5-23-11(10)27-8-14(17,18)19)7-25-12(26)24-6-4-13(2-3-13)15(20,21)22/h1,5H,2-4,6-8H2,(H2,24,25,26). The molecule has 2 amide bonds. The summed E-state index contributed by atoms with van der Waals surface area (Å²) in [6, 6.07) is 0.292. The second kappa shape index (κ2) is 7.77. The van der Waals surface area contributed by atoms with Crippen molar-refractivity contribution in [3.63, 3.8) is 0 Å². The average Bonchev–Trinajstić information content (AvgIpc) is 3.33. The number of alkyl halides is 6. The molecule has 1 aromatic heterocycles. The molecule has 0 saturated heterocycles. The Morgan fingerprint density at radius 3 is 2.41 bits per heavy atom. The molecule has 1 aromatic rings. The van der Waals surface area contributed by atoms with Crippen molar-refractivity contribution in [3.05, 3.63) is 23.6 Å². The second-order valence-corrected chi connectivity index (χ2v) is 6.13. The lowest BCUT2D eigenvalue weighted by Gasteiger charge is -2.19. The highest BCUT2D eigenvalue weighted by Gasteiger charge is 2.62. The predicted octanol–water partition coefficient (Wildman–Crippen LogP) is 3.69. The van der Waals surface area contributed by atoms with E-state index in [9.17, 15) is 35.5 Å². The van der Waals surface area contributed by atoms with Crippen molar-refractivity contribution in [2.24, 2.45) is 5.41 Å². The molecule has 1 saturated carbocycles. The Bertz CT molecular complexity index is 672. The molecule has 152 valence electrons. The van der Waals surface area contributed by atoms with Crippen molar-refractivity contribution < 1.29 is 40.3 Å². The number of ether oxygens (including phenoxy) is 1. The van der Waals surface area contributed by atoms with E-state index in [2.05, 4.69) is 20.4 Å². The van der Waals surface area contributed by atoms with E-state index in [0.29, 0.717) is 0 Å². The average molecular weight is 403 g/mol. The van der Waals surface area contributed by atoms with Gasteiger partial charge in [0.25, 0.3) is 5.88 Å². The first-order valence-corrected chi connectivity index (χ1v) is 7.85. The van der Waals surface area contributed by atoms with Gasteiger partial charge in [-0.25, -0.2) is 14.2 Å². The van der Waals surface area contributed by atoms with E-state index in [4.69, 9.17) is 0 Å². The van der Waals surface area contributed by atoms with Gasteiger partial charge in [0.1, 0.15) is 0 Å². The Morgan fingerprint density at radius 1 is 1.19 bits per heavy atom. The van der Waals surface area contributed by atoms with Gasteiger partial charge in [0.2, 0.25) is 0 Å². The van der Waals surface area contributed by atoms with E-state index in [1.807, 2.05) is 0 Å². The van der Waals surface area contributed by atoms with Crippen LogP contribution in [-0.2, 0) is 6.54 Å². The maximum atomic E-state index is 14.0. The smallest absolute Gasteiger partial charge is 0.422 e. The fourth-order valence-electron chi connectivity index (χ4n) is 2.33. The first-order valence-electron chi connectivity index (χ1n) is 7.85. The van der Waals surface area contributed by atoms with Crippen LogP contribution in [0.25, 0.3) is 0 Å². The summed E-state index contributed by atoms with van der Waals surface area (Å²) in [5, 5.41) is 4.44. The molecule has 0 spiro atoms. The summed E-state index contributed by atoms with van der Waals surface area (Å²) in [4.78, 5) is 14.9. The minimum atomic E-state index is -4.67. The van der Waals surface area contributed by atoms with Crippen LogP contribution in [0.2, 0.25) is 0 Å². The summed E-state index contributed by atoms with van der Waals surface area (Å²) < 4.78 is 92.8. The van der Waals surface area contributed by atoms with Crippen LogP contribution in [0.1, 0.15) is 24.8 Å². The molecule has 1 aliphatic rings. The Hall–Kier alpha value is -2.27. The minimum Gasteiger partial charge on any atom is -0.466 e. The first-order chi connectivity index (χ1) is 12.4. The third-order valence-electron chi connectivity index (χ3n) is 4.09. The third kappa shape index (κ3) is 5.86. The molecule has 5 nitrogen and oxygen atoms in total. The number of nitrogens with zero attached hydrogens (tertiary/aromatic N) is 1. The van der Waals surface area contributed by atoms with Gasteiger partial charge in [-0.15, -0.1) is 0 Å². The van der Waals surface area contributed by atoms with Crippen molar-refractivity contribution in [1.82, 2.24) is 15.6 Å². The van der Waals surface area contributed by atoms with Crippen LogP contribution in [0.4, 0.5) is 35.5 Å². The Morgan fingerprint density at radius 2 is 1.85 bits per heavy atom. The van der Waals surface area contributed by atoms with Crippen LogP contribution in [-0.4, -0.2) is 36.5 Å². The first kappa shape index (κ1) is 21.0. The number of carbonyl (C=O) groups is 1. The van der Waals surface area contributed by atoms with E-state index in [0.717, 1.165) is 12.3 Å². The largest absolute Gasteiger partial charge is 0.466 e. The van der Waals surface area contributed by atoms with E-state index in [1.54, 1.807) is 0 Å². The van der Waals surface area contributed by atoms with Gasteiger partial charge >= 0.3 is 18.4 Å². The van der Waals surface area contributed by atoms with Crippen molar-refractivity contribution >= 4 is 6.03 Å². The molecule has 0 bridgehead atoms. The van der Waals surface area contributed by atoms with E-state index in [1.165, 1.54) is 0 Å². The molecular formula is C15H16F7N3O2. The molecular weight excluding hydrogens is 387 g/mol. The molecule has 1 fully saturated rings. The molecule has 2 rings (SSSR count). The minimum absolute atomic E-state index is 0.0166. The molecule has 27 heavy (non-hydrogen) atoms. The van der Waals surface area contributed by atoms with Crippen molar-refractivity contribution in [2.75, 3.05) is 13.2 Å². The number of halogens is 7. The summed E-state index contributed by atoms with van der Waals surface area (Å²) in [5.41, 5.74) is -1.94. The lowest BCUT2D eigenvalue weighted by Crippen LogP contribution is -2.38.